The number of likely N-dealkylation sites (N-methyl/N-ethyl adjacent to an activating group) is 1. The number of amides is 2. The molecule has 2 amide bonds. The van der Waals surface area contributed by atoms with E-state index in [2.05, 4.69) is 5.32 Å². The zero-order valence-electron chi connectivity index (χ0n) is 9.90. The molecule has 1 aliphatic rings. The average molecular weight is 250 g/mol. The molecular formula is C10H20ClN3O2. The van der Waals surface area contributed by atoms with Gasteiger partial charge in [0.15, 0.2) is 0 Å². The minimum absolute atomic E-state index is 0. The molecule has 1 rings (SSSR count). The molecule has 0 radical (unpaired) electrons. The maximum absolute atomic E-state index is 11.6. The van der Waals surface area contributed by atoms with Gasteiger partial charge in [0, 0.05) is 13.6 Å². The first-order chi connectivity index (χ1) is 6.93. The SMILES string of the molecule is CC(C)[C@H](N)C(=O)NC1CCN(C)C1=O.Cl. The Kier molecular flexibility index (Phi) is 5.75. The molecule has 0 aromatic rings. The normalized spacial score (nSPS) is 21.9. The van der Waals surface area contributed by atoms with Gasteiger partial charge in [0.1, 0.15) is 6.04 Å². The van der Waals surface area contributed by atoms with Gasteiger partial charge in [-0.05, 0) is 12.3 Å². The van der Waals surface area contributed by atoms with Crippen molar-refractivity contribution < 1.29 is 9.59 Å². The molecule has 3 N–H and O–H groups in total. The number of nitrogens with two attached hydrogens (primary N) is 1. The number of hydrogen-bond acceptors (Lipinski definition) is 3. The van der Waals surface area contributed by atoms with Crippen LogP contribution in [0.1, 0.15) is 20.3 Å². The van der Waals surface area contributed by atoms with E-state index in [0.29, 0.717) is 13.0 Å². The highest BCUT2D eigenvalue weighted by molar-refractivity contribution is 5.90. The third-order valence-electron chi connectivity index (χ3n) is 2.76. The Balaban J connectivity index is 0.00000225. The molecule has 5 nitrogen and oxygen atoms in total. The van der Waals surface area contributed by atoms with Crippen LogP contribution < -0.4 is 11.1 Å². The summed E-state index contributed by atoms with van der Waals surface area (Å²) in [6, 6.07) is -0.920. The van der Waals surface area contributed by atoms with Gasteiger partial charge in [-0.15, -0.1) is 12.4 Å². The highest BCUT2D eigenvalue weighted by atomic mass is 35.5. The Morgan fingerprint density at radius 1 is 1.56 bits per heavy atom. The van der Waals surface area contributed by atoms with E-state index in [0.717, 1.165) is 0 Å². The van der Waals surface area contributed by atoms with Gasteiger partial charge in [0.2, 0.25) is 11.8 Å². The van der Waals surface area contributed by atoms with Crippen molar-refractivity contribution in [3.8, 4) is 0 Å². The molecule has 0 saturated carbocycles. The summed E-state index contributed by atoms with van der Waals surface area (Å²) in [6.07, 6.45) is 0.673. The molecule has 16 heavy (non-hydrogen) atoms. The molecule has 0 spiro atoms. The third kappa shape index (κ3) is 3.35. The summed E-state index contributed by atoms with van der Waals surface area (Å²) in [6.45, 7) is 4.46. The van der Waals surface area contributed by atoms with Crippen molar-refractivity contribution in [3.05, 3.63) is 0 Å². The highest BCUT2D eigenvalue weighted by Crippen LogP contribution is 2.09. The number of rotatable bonds is 3. The predicted octanol–water partition coefficient (Wildman–Crippen LogP) is -0.262. The van der Waals surface area contributed by atoms with Crippen LogP contribution >= 0.6 is 12.4 Å². The topological polar surface area (TPSA) is 75.4 Å². The summed E-state index contributed by atoms with van der Waals surface area (Å²) in [4.78, 5) is 24.7. The Labute approximate surface area is 102 Å². The first-order valence-corrected chi connectivity index (χ1v) is 5.24. The zero-order chi connectivity index (χ0) is 11.6. The molecule has 0 aliphatic carbocycles. The van der Waals surface area contributed by atoms with Crippen LogP contribution in [-0.4, -0.2) is 42.4 Å². The molecule has 0 bridgehead atoms. The molecule has 94 valence electrons. The van der Waals surface area contributed by atoms with E-state index in [-0.39, 0.29) is 36.2 Å². The van der Waals surface area contributed by atoms with E-state index in [1.807, 2.05) is 13.8 Å². The van der Waals surface area contributed by atoms with E-state index >= 15 is 0 Å². The van der Waals surface area contributed by atoms with Crippen molar-refractivity contribution in [2.75, 3.05) is 13.6 Å². The molecule has 1 heterocycles. The lowest BCUT2D eigenvalue weighted by molar-refractivity contribution is -0.132. The second kappa shape index (κ2) is 6.06. The lowest BCUT2D eigenvalue weighted by atomic mass is 10.0. The lowest BCUT2D eigenvalue weighted by Crippen LogP contribution is -2.49. The maximum atomic E-state index is 11.6. The van der Waals surface area contributed by atoms with Crippen molar-refractivity contribution in [2.45, 2.75) is 32.4 Å². The maximum Gasteiger partial charge on any atom is 0.244 e. The standard InChI is InChI=1S/C10H19N3O2.ClH/c1-6(2)8(11)9(14)12-7-4-5-13(3)10(7)15;/h6-8H,4-5,11H2,1-3H3,(H,12,14);1H/t7?,8-;/m0./s1. The smallest absolute Gasteiger partial charge is 0.244 e. The molecule has 2 atom stereocenters. The Morgan fingerprint density at radius 3 is 2.50 bits per heavy atom. The summed E-state index contributed by atoms with van der Waals surface area (Å²) in [5.74, 6) is -0.183. The second-order valence-corrected chi connectivity index (χ2v) is 4.38. The predicted molar refractivity (Wildman–Crippen MR) is 64.2 cm³/mol. The molecule has 1 aliphatic heterocycles. The van der Waals surface area contributed by atoms with Crippen molar-refractivity contribution >= 4 is 24.2 Å². The van der Waals surface area contributed by atoms with Crippen LogP contribution in [0.5, 0.6) is 0 Å². The van der Waals surface area contributed by atoms with Gasteiger partial charge >= 0.3 is 0 Å². The molecule has 1 fully saturated rings. The first kappa shape index (κ1) is 15.2. The zero-order valence-corrected chi connectivity index (χ0v) is 10.7. The van der Waals surface area contributed by atoms with E-state index in [1.165, 1.54) is 0 Å². The largest absolute Gasteiger partial charge is 0.344 e. The minimum atomic E-state index is -0.538. The Bertz CT molecular complexity index is 271. The van der Waals surface area contributed by atoms with Crippen molar-refractivity contribution in [1.29, 1.82) is 0 Å². The number of nitrogens with one attached hydrogen (secondary N) is 1. The van der Waals surface area contributed by atoms with Crippen LogP contribution in [0.4, 0.5) is 0 Å². The molecule has 6 heteroatoms. The Morgan fingerprint density at radius 2 is 2.12 bits per heavy atom. The highest BCUT2D eigenvalue weighted by Gasteiger charge is 2.31. The van der Waals surface area contributed by atoms with Crippen LogP contribution in [0.25, 0.3) is 0 Å². The van der Waals surface area contributed by atoms with Gasteiger partial charge in [-0.1, -0.05) is 13.8 Å². The fourth-order valence-electron chi connectivity index (χ4n) is 1.53. The summed E-state index contributed by atoms with van der Waals surface area (Å²) in [7, 11) is 1.73. The molecule has 0 aromatic carbocycles. The third-order valence-corrected chi connectivity index (χ3v) is 2.76. The number of halogens is 1. The van der Waals surface area contributed by atoms with Crippen LogP contribution in [0.2, 0.25) is 0 Å². The molecular weight excluding hydrogens is 230 g/mol. The quantitative estimate of drug-likeness (QED) is 0.724. The van der Waals surface area contributed by atoms with Crippen molar-refractivity contribution in [1.82, 2.24) is 10.2 Å². The van der Waals surface area contributed by atoms with E-state index < -0.39 is 6.04 Å². The number of hydrogen-bond donors (Lipinski definition) is 2. The Hall–Kier alpha value is -0.810. The first-order valence-electron chi connectivity index (χ1n) is 5.24. The van der Waals surface area contributed by atoms with Crippen LogP contribution in [0.3, 0.4) is 0 Å². The molecule has 1 unspecified atom stereocenters. The monoisotopic (exact) mass is 249 g/mol. The van der Waals surface area contributed by atoms with E-state index in [1.54, 1.807) is 11.9 Å². The molecule has 1 saturated heterocycles. The second-order valence-electron chi connectivity index (χ2n) is 4.38. The number of nitrogens with zero attached hydrogens (tertiary/aromatic N) is 1. The number of likely N-dealkylation sites (tertiary alicyclic amines) is 1. The average Bonchev–Trinajstić information content (AvgIpc) is 2.48. The van der Waals surface area contributed by atoms with E-state index in [4.69, 9.17) is 5.73 Å². The number of carbonyl (C=O) groups is 2. The van der Waals surface area contributed by atoms with Crippen molar-refractivity contribution in [3.63, 3.8) is 0 Å². The van der Waals surface area contributed by atoms with Crippen LogP contribution in [0.15, 0.2) is 0 Å². The van der Waals surface area contributed by atoms with Crippen LogP contribution in [0, 0.1) is 5.92 Å². The minimum Gasteiger partial charge on any atom is -0.344 e. The van der Waals surface area contributed by atoms with Crippen LogP contribution in [-0.2, 0) is 9.59 Å². The van der Waals surface area contributed by atoms with E-state index in [9.17, 15) is 9.59 Å². The van der Waals surface area contributed by atoms with Gasteiger partial charge in [-0.2, -0.15) is 0 Å². The summed E-state index contributed by atoms with van der Waals surface area (Å²) in [5, 5.41) is 2.68. The van der Waals surface area contributed by atoms with Gasteiger partial charge in [-0.3, -0.25) is 9.59 Å². The summed E-state index contributed by atoms with van der Waals surface area (Å²) < 4.78 is 0. The summed E-state index contributed by atoms with van der Waals surface area (Å²) in [5.41, 5.74) is 5.68. The lowest BCUT2D eigenvalue weighted by Gasteiger charge is -2.18. The number of carbonyl (C=O) groups excluding carboxylic acids is 2. The summed E-state index contributed by atoms with van der Waals surface area (Å²) >= 11 is 0. The van der Waals surface area contributed by atoms with Gasteiger partial charge in [0.25, 0.3) is 0 Å². The van der Waals surface area contributed by atoms with Gasteiger partial charge in [0.05, 0.1) is 6.04 Å². The van der Waals surface area contributed by atoms with Gasteiger partial charge < -0.3 is 16.0 Å². The fourth-order valence-corrected chi connectivity index (χ4v) is 1.53. The van der Waals surface area contributed by atoms with Crippen molar-refractivity contribution in [2.24, 2.45) is 11.7 Å². The molecule has 0 aromatic heterocycles. The fraction of sp³-hybridized carbons (Fsp3) is 0.800. The van der Waals surface area contributed by atoms with Gasteiger partial charge in [-0.25, -0.2) is 0 Å².